The first-order valence-corrected chi connectivity index (χ1v) is 5.62. The van der Waals surface area contributed by atoms with Gasteiger partial charge in [0.2, 0.25) is 0 Å². The molecule has 0 aliphatic carbocycles. The highest BCUT2D eigenvalue weighted by molar-refractivity contribution is 5.47. The molecule has 0 saturated carbocycles. The maximum atomic E-state index is 5.94. The molecule has 84 valence electrons. The summed E-state index contributed by atoms with van der Waals surface area (Å²) in [6, 6.07) is 10.2. The van der Waals surface area contributed by atoms with Gasteiger partial charge in [0.1, 0.15) is 5.82 Å². The molecule has 1 heterocycles. The highest BCUT2D eigenvalue weighted by Gasteiger charge is 2.07. The summed E-state index contributed by atoms with van der Waals surface area (Å²) in [5.74, 6) is 0.695. The third kappa shape index (κ3) is 1.94. The number of hydrogen-bond donors (Lipinski definition) is 1. The van der Waals surface area contributed by atoms with Crippen LogP contribution in [0.2, 0.25) is 0 Å². The van der Waals surface area contributed by atoms with E-state index in [2.05, 4.69) is 30.2 Å². The SMILES string of the molecule is CCCc1ccccc1-n1nc(C)cc1N. The number of nitrogens with two attached hydrogens (primary N) is 1. The van der Waals surface area contributed by atoms with E-state index in [1.807, 2.05) is 23.7 Å². The molecule has 0 atom stereocenters. The molecule has 1 aromatic heterocycles. The normalized spacial score (nSPS) is 10.6. The van der Waals surface area contributed by atoms with Crippen molar-refractivity contribution in [2.75, 3.05) is 5.73 Å². The zero-order chi connectivity index (χ0) is 11.5. The number of aromatic nitrogens is 2. The molecule has 16 heavy (non-hydrogen) atoms. The minimum absolute atomic E-state index is 0.695. The van der Waals surface area contributed by atoms with Crippen LogP contribution in [0, 0.1) is 6.92 Å². The average Bonchev–Trinajstić information content (AvgIpc) is 2.59. The summed E-state index contributed by atoms with van der Waals surface area (Å²) >= 11 is 0. The van der Waals surface area contributed by atoms with E-state index < -0.39 is 0 Å². The Morgan fingerprint density at radius 1 is 1.31 bits per heavy atom. The number of para-hydroxylation sites is 1. The Morgan fingerprint density at radius 2 is 2.06 bits per heavy atom. The summed E-state index contributed by atoms with van der Waals surface area (Å²) in [6.45, 7) is 4.13. The lowest BCUT2D eigenvalue weighted by Gasteiger charge is -2.09. The lowest BCUT2D eigenvalue weighted by molar-refractivity contribution is 0.836. The summed E-state index contributed by atoms with van der Waals surface area (Å²) in [4.78, 5) is 0. The van der Waals surface area contributed by atoms with Crippen LogP contribution in [-0.2, 0) is 6.42 Å². The molecular weight excluding hydrogens is 198 g/mol. The highest BCUT2D eigenvalue weighted by Crippen LogP contribution is 2.19. The van der Waals surface area contributed by atoms with Crippen LogP contribution in [0.3, 0.4) is 0 Å². The van der Waals surface area contributed by atoms with E-state index in [4.69, 9.17) is 5.73 Å². The molecule has 0 fully saturated rings. The van der Waals surface area contributed by atoms with Crippen molar-refractivity contribution in [2.45, 2.75) is 26.7 Å². The minimum atomic E-state index is 0.695. The highest BCUT2D eigenvalue weighted by atomic mass is 15.3. The lowest BCUT2D eigenvalue weighted by Crippen LogP contribution is -2.05. The van der Waals surface area contributed by atoms with Crippen LogP contribution in [0.4, 0.5) is 5.82 Å². The van der Waals surface area contributed by atoms with E-state index in [-0.39, 0.29) is 0 Å². The predicted octanol–water partition coefficient (Wildman–Crippen LogP) is 2.72. The van der Waals surface area contributed by atoms with E-state index in [1.165, 1.54) is 5.56 Å². The van der Waals surface area contributed by atoms with E-state index in [0.29, 0.717) is 5.82 Å². The predicted molar refractivity (Wildman–Crippen MR) is 66.7 cm³/mol. The van der Waals surface area contributed by atoms with Gasteiger partial charge >= 0.3 is 0 Å². The number of benzene rings is 1. The van der Waals surface area contributed by atoms with Crippen LogP contribution in [0.1, 0.15) is 24.6 Å². The summed E-state index contributed by atoms with van der Waals surface area (Å²) in [7, 11) is 0. The van der Waals surface area contributed by atoms with Gasteiger partial charge in [-0.15, -0.1) is 0 Å². The summed E-state index contributed by atoms with van der Waals surface area (Å²) in [5, 5.41) is 4.42. The van der Waals surface area contributed by atoms with Crippen LogP contribution in [-0.4, -0.2) is 9.78 Å². The fourth-order valence-corrected chi connectivity index (χ4v) is 1.91. The molecule has 0 radical (unpaired) electrons. The molecule has 0 amide bonds. The quantitative estimate of drug-likeness (QED) is 0.855. The van der Waals surface area contributed by atoms with Crippen LogP contribution in [0.5, 0.6) is 0 Å². The van der Waals surface area contributed by atoms with Crippen molar-refractivity contribution in [3.63, 3.8) is 0 Å². The fraction of sp³-hybridized carbons (Fsp3) is 0.308. The Kier molecular flexibility index (Phi) is 2.95. The number of rotatable bonds is 3. The van der Waals surface area contributed by atoms with E-state index in [9.17, 15) is 0 Å². The smallest absolute Gasteiger partial charge is 0.127 e. The van der Waals surface area contributed by atoms with Gasteiger partial charge in [-0.2, -0.15) is 5.10 Å². The van der Waals surface area contributed by atoms with Gasteiger partial charge in [-0.05, 0) is 25.0 Å². The first-order valence-electron chi connectivity index (χ1n) is 5.62. The Morgan fingerprint density at radius 3 is 2.69 bits per heavy atom. The zero-order valence-corrected chi connectivity index (χ0v) is 9.77. The maximum absolute atomic E-state index is 5.94. The molecule has 2 N–H and O–H groups in total. The number of nitrogen functional groups attached to an aromatic ring is 1. The zero-order valence-electron chi connectivity index (χ0n) is 9.77. The third-order valence-corrected chi connectivity index (χ3v) is 2.60. The monoisotopic (exact) mass is 215 g/mol. The van der Waals surface area contributed by atoms with Gasteiger partial charge in [-0.1, -0.05) is 31.5 Å². The van der Waals surface area contributed by atoms with Crippen LogP contribution in [0.15, 0.2) is 30.3 Å². The second-order valence-electron chi connectivity index (χ2n) is 4.00. The maximum Gasteiger partial charge on any atom is 0.127 e. The molecular formula is C13H17N3. The number of anilines is 1. The molecule has 2 rings (SSSR count). The molecule has 0 saturated heterocycles. The van der Waals surface area contributed by atoms with Gasteiger partial charge in [-0.3, -0.25) is 0 Å². The largest absolute Gasteiger partial charge is 0.384 e. The van der Waals surface area contributed by atoms with Gasteiger partial charge in [0.05, 0.1) is 11.4 Å². The first kappa shape index (κ1) is 10.7. The van der Waals surface area contributed by atoms with Crippen LogP contribution >= 0.6 is 0 Å². The molecule has 0 spiro atoms. The molecule has 0 aliphatic rings. The van der Waals surface area contributed by atoms with Crippen molar-refractivity contribution >= 4 is 5.82 Å². The van der Waals surface area contributed by atoms with Crippen molar-refractivity contribution in [3.05, 3.63) is 41.6 Å². The van der Waals surface area contributed by atoms with Gasteiger partial charge in [0, 0.05) is 6.07 Å². The molecule has 3 heteroatoms. The molecule has 1 aromatic carbocycles. The van der Waals surface area contributed by atoms with Crippen molar-refractivity contribution in [1.82, 2.24) is 9.78 Å². The van der Waals surface area contributed by atoms with E-state index in [0.717, 1.165) is 24.2 Å². The second-order valence-corrected chi connectivity index (χ2v) is 4.00. The minimum Gasteiger partial charge on any atom is -0.384 e. The van der Waals surface area contributed by atoms with Crippen LogP contribution in [0.25, 0.3) is 5.69 Å². The Balaban J connectivity index is 2.50. The summed E-state index contributed by atoms with van der Waals surface area (Å²) in [6.07, 6.45) is 2.17. The number of hydrogen-bond acceptors (Lipinski definition) is 2. The lowest BCUT2D eigenvalue weighted by atomic mass is 10.1. The molecule has 3 nitrogen and oxygen atoms in total. The van der Waals surface area contributed by atoms with Gasteiger partial charge in [0.15, 0.2) is 0 Å². The third-order valence-electron chi connectivity index (χ3n) is 2.60. The van der Waals surface area contributed by atoms with Crippen molar-refractivity contribution in [1.29, 1.82) is 0 Å². The first-order chi connectivity index (χ1) is 7.72. The van der Waals surface area contributed by atoms with E-state index in [1.54, 1.807) is 0 Å². The molecule has 0 unspecified atom stereocenters. The van der Waals surface area contributed by atoms with Crippen molar-refractivity contribution < 1.29 is 0 Å². The Labute approximate surface area is 95.9 Å². The standard InChI is InChI=1S/C13H17N3/c1-3-6-11-7-4-5-8-12(11)16-13(14)9-10(2)15-16/h4-5,7-9H,3,6,14H2,1-2H3. The van der Waals surface area contributed by atoms with Gasteiger partial charge in [-0.25, -0.2) is 4.68 Å². The van der Waals surface area contributed by atoms with E-state index >= 15 is 0 Å². The topological polar surface area (TPSA) is 43.8 Å². The molecule has 0 aliphatic heterocycles. The number of aryl methyl sites for hydroxylation is 2. The Hall–Kier alpha value is -1.77. The second kappa shape index (κ2) is 4.39. The van der Waals surface area contributed by atoms with Gasteiger partial charge in [0.25, 0.3) is 0 Å². The molecule has 0 bridgehead atoms. The average molecular weight is 215 g/mol. The number of nitrogens with zero attached hydrogens (tertiary/aromatic N) is 2. The van der Waals surface area contributed by atoms with Crippen LogP contribution < -0.4 is 5.73 Å². The fourth-order valence-electron chi connectivity index (χ4n) is 1.91. The van der Waals surface area contributed by atoms with Gasteiger partial charge < -0.3 is 5.73 Å². The van der Waals surface area contributed by atoms with Crippen molar-refractivity contribution in [2.24, 2.45) is 0 Å². The summed E-state index contributed by atoms with van der Waals surface area (Å²) < 4.78 is 1.82. The van der Waals surface area contributed by atoms with Crippen molar-refractivity contribution in [3.8, 4) is 5.69 Å². The Bertz CT molecular complexity index is 486. The summed E-state index contributed by atoms with van der Waals surface area (Å²) in [5.41, 5.74) is 9.27. The molecule has 2 aromatic rings.